The maximum Gasteiger partial charge on any atom is 0.143 e. The van der Waals surface area contributed by atoms with E-state index >= 15 is 0 Å². The Labute approximate surface area is 282 Å². The number of anilines is 3. The van der Waals surface area contributed by atoms with Gasteiger partial charge in [0, 0.05) is 50.1 Å². The van der Waals surface area contributed by atoms with E-state index in [0.29, 0.717) is 0 Å². The van der Waals surface area contributed by atoms with E-state index < -0.39 is 0 Å². The first-order valence-corrected chi connectivity index (χ1v) is 16.6. The van der Waals surface area contributed by atoms with Gasteiger partial charge in [-0.15, -0.1) is 0 Å². The summed E-state index contributed by atoms with van der Waals surface area (Å²) < 4.78 is 12.9. The van der Waals surface area contributed by atoms with E-state index in [0.717, 1.165) is 83.0 Å². The molecule has 0 atom stereocenters. The highest BCUT2D eigenvalue weighted by Crippen LogP contribution is 2.43. The highest BCUT2D eigenvalue weighted by Gasteiger charge is 2.19. The molecular formula is C46H29NO2. The van der Waals surface area contributed by atoms with Gasteiger partial charge in [0.05, 0.1) is 0 Å². The van der Waals surface area contributed by atoms with Crippen LogP contribution >= 0.6 is 0 Å². The number of nitrogens with zero attached hydrogens (tertiary/aromatic N) is 1. The van der Waals surface area contributed by atoms with Crippen molar-refractivity contribution in [2.75, 3.05) is 4.90 Å². The standard InChI is InChI=1S/C46H29NO2/c1-2-11-30(12-3-1)32-14-8-16-34(27-32)47(36-24-26-40-39-19-6-7-21-42(39)48-44(40)29-36)35-17-9-15-33(28-35)37-20-10-22-43-45(37)41-25-23-31-13-4-5-18-38(31)46(41)49-43/h1-29H. The van der Waals surface area contributed by atoms with Gasteiger partial charge in [0.1, 0.15) is 22.3 Å². The molecule has 8 aromatic carbocycles. The molecule has 2 heterocycles. The molecule has 230 valence electrons. The maximum absolute atomic E-state index is 6.54. The van der Waals surface area contributed by atoms with Crippen molar-refractivity contribution in [3.05, 3.63) is 176 Å². The number of para-hydroxylation sites is 1. The van der Waals surface area contributed by atoms with Gasteiger partial charge in [-0.05, 0) is 82.2 Å². The molecule has 10 aromatic rings. The lowest BCUT2D eigenvalue weighted by Gasteiger charge is -2.26. The van der Waals surface area contributed by atoms with E-state index in [2.05, 4.69) is 169 Å². The van der Waals surface area contributed by atoms with Gasteiger partial charge in [-0.3, -0.25) is 0 Å². The lowest BCUT2D eigenvalue weighted by molar-refractivity contribution is 0.669. The van der Waals surface area contributed by atoms with Crippen LogP contribution < -0.4 is 4.90 Å². The van der Waals surface area contributed by atoms with Gasteiger partial charge in [-0.25, -0.2) is 0 Å². The minimum absolute atomic E-state index is 0.862. The zero-order valence-corrected chi connectivity index (χ0v) is 26.5. The van der Waals surface area contributed by atoms with E-state index in [1.807, 2.05) is 12.1 Å². The SMILES string of the molecule is c1ccc(-c2cccc(N(c3cccc(-c4cccc5oc6c7ccccc7ccc6c45)c3)c3ccc4c(c3)oc3ccccc34)c2)cc1. The number of benzene rings is 8. The predicted octanol–water partition coefficient (Wildman–Crippen LogP) is 13.4. The molecule has 49 heavy (non-hydrogen) atoms. The minimum atomic E-state index is 0.862. The van der Waals surface area contributed by atoms with Crippen LogP contribution in [0.2, 0.25) is 0 Å². The number of fused-ring (bicyclic) bond motifs is 8. The lowest BCUT2D eigenvalue weighted by Crippen LogP contribution is -2.10. The molecule has 0 aliphatic rings. The van der Waals surface area contributed by atoms with Gasteiger partial charge >= 0.3 is 0 Å². The molecule has 0 amide bonds. The molecule has 0 spiro atoms. The molecule has 2 aromatic heterocycles. The third kappa shape index (κ3) is 4.51. The second-order valence-electron chi connectivity index (χ2n) is 12.5. The molecule has 0 aliphatic carbocycles. The summed E-state index contributed by atoms with van der Waals surface area (Å²) >= 11 is 0. The third-order valence-corrected chi connectivity index (χ3v) is 9.63. The highest BCUT2D eigenvalue weighted by molar-refractivity contribution is 6.19. The zero-order valence-electron chi connectivity index (χ0n) is 26.5. The molecule has 0 saturated carbocycles. The maximum atomic E-state index is 6.54. The van der Waals surface area contributed by atoms with Crippen LogP contribution in [0.1, 0.15) is 0 Å². The fraction of sp³-hybridized carbons (Fsp3) is 0. The topological polar surface area (TPSA) is 29.5 Å². The smallest absolute Gasteiger partial charge is 0.143 e. The minimum Gasteiger partial charge on any atom is -0.456 e. The zero-order chi connectivity index (χ0) is 32.3. The van der Waals surface area contributed by atoms with Crippen LogP contribution in [0, 0.1) is 0 Å². The molecule has 0 unspecified atom stereocenters. The average molecular weight is 628 g/mol. The molecule has 0 fully saturated rings. The second-order valence-corrected chi connectivity index (χ2v) is 12.5. The molecule has 0 saturated heterocycles. The van der Waals surface area contributed by atoms with Crippen molar-refractivity contribution in [3.63, 3.8) is 0 Å². The first-order chi connectivity index (χ1) is 24.3. The Bertz CT molecular complexity index is 2840. The van der Waals surface area contributed by atoms with Gasteiger partial charge in [0.2, 0.25) is 0 Å². The monoisotopic (exact) mass is 627 g/mol. The van der Waals surface area contributed by atoms with Crippen LogP contribution in [-0.4, -0.2) is 0 Å². The number of hydrogen-bond acceptors (Lipinski definition) is 3. The fourth-order valence-electron chi connectivity index (χ4n) is 7.36. The van der Waals surface area contributed by atoms with Crippen LogP contribution in [0.3, 0.4) is 0 Å². The molecule has 3 heteroatoms. The van der Waals surface area contributed by atoms with Crippen molar-refractivity contribution in [1.82, 2.24) is 0 Å². The normalized spacial score (nSPS) is 11.7. The largest absolute Gasteiger partial charge is 0.456 e. The van der Waals surface area contributed by atoms with E-state index in [9.17, 15) is 0 Å². The van der Waals surface area contributed by atoms with Crippen LogP contribution in [0.5, 0.6) is 0 Å². The van der Waals surface area contributed by atoms with Crippen LogP contribution in [-0.2, 0) is 0 Å². The third-order valence-electron chi connectivity index (χ3n) is 9.63. The Morgan fingerprint density at radius 2 is 0.980 bits per heavy atom. The van der Waals surface area contributed by atoms with E-state index in [-0.39, 0.29) is 0 Å². The quantitative estimate of drug-likeness (QED) is 0.190. The summed E-state index contributed by atoms with van der Waals surface area (Å²) in [6.07, 6.45) is 0. The van der Waals surface area contributed by atoms with Crippen molar-refractivity contribution in [1.29, 1.82) is 0 Å². The lowest BCUT2D eigenvalue weighted by atomic mass is 9.97. The Morgan fingerprint density at radius 3 is 1.86 bits per heavy atom. The summed E-state index contributed by atoms with van der Waals surface area (Å²) in [6, 6.07) is 62.0. The molecule has 0 N–H and O–H groups in total. The molecular weight excluding hydrogens is 599 g/mol. The van der Waals surface area contributed by atoms with Gasteiger partial charge in [-0.1, -0.05) is 115 Å². The van der Waals surface area contributed by atoms with Gasteiger partial charge in [0.25, 0.3) is 0 Å². The van der Waals surface area contributed by atoms with Crippen molar-refractivity contribution in [2.24, 2.45) is 0 Å². The number of rotatable bonds is 5. The fourth-order valence-corrected chi connectivity index (χ4v) is 7.36. The van der Waals surface area contributed by atoms with Gasteiger partial charge < -0.3 is 13.7 Å². The van der Waals surface area contributed by atoms with Crippen molar-refractivity contribution in [2.45, 2.75) is 0 Å². The van der Waals surface area contributed by atoms with Gasteiger partial charge in [-0.2, -0.15) is 0 Å². The van der Waals surface area contributed by atoms with E-state index in [4.69, 9.17) is 8.83 Å². The Hall–Kier alpha value is -6.58. The molecule has 0 radical (unpaired) electrons. The number of hydrogen-bond donors (Lipinski definition) is 0. The summed E-state index contributed by atoms with van der Waals surface area (Å²) in [7, 11) is 0. The Balaban J connectivity index is 1.17. The summed E-state index contributed by atoms with van der Waals surface area (Å²) in [4.78, 5) is 2.32. The highest BCUT2D eigenvalue weighted by atomic mass is 16.3. The molecule has 0 aliphatic heterocycles. The predicted molar refractivity (Wildman–Crippen MR) is 204 cm³/mol. The van der Waals surface area contributed by atoms with Crippen LogP contribution in [0.4, 0.5) is 17.1 Å². The van der Waals surface area contributed by atoms with Gasteiger partial charge in [0.15, 0.2) is 0 Å². The summed E-state index contributed by atoms with van der Waals surface area (Å²) in [5, 5.41) is 6.78. The summed E-state index contributed by atoms with van der Waals surface area (Å²) in [6.45, 7) is 0. The number of furan rings is 2. The van der Waals surface area contributed by atoms with Crippen LogP contribution in [0.25, 0.3) is 76.9 Å². The molecule has 0 bridgehead atoms. The molecule has 10 rings (SSSR count). The summed E-state index contributed by atoms with van der Waals surface area (Å²) in [5.74, 6) is 0. The van der Waals surface area contributed by atoms with Crippen molar-refractivity contribution >= 4 is 71.7 Å². The van der Waals surface area contributed by atoms with Crippen LogP contribution in [0.15, 0.2) is 185 Å². The van der Waals surface area contributed by atoms with Crippen molar-refractivity contribution in [3.8, 4) is 22.3 Å². The first kappa shape index (κ1) is 27.5. The summed E-state index contributed by atoms with van der Waals surface area (Å²) in [5.41, 5.74) is 11.3. The average Bonchev–Trinajstić information content (AvgIpc) is 3.74. The van der Waals surface area contributed by atoms with Crippen molar-refractivity contribution < 1.29 is 8.83 Å². The Kier molecular flexibility index (Phi) is 6.18. The second kappa shape index (κ2) is 11.0. The molecule has 3 nitrogen and oxygen atoms in total. The van der Waals surface area contributed by atoms with E-state index in [1.165, 1.54) is 10.9 Å². The van der Waals surface area contributed by atoms with E-state index in [1.54, 1.807) is 0 Å². The first-order valence-electron chi connectivity index (χ1n) is 16.6. The Morgan fingerprint density at radius 1 is 0.347 bits per heavy atom.